The topological polar surface area (TPSA) is 26.3 Å². The smallest absolute Gasteiger partial charge is 0.163 e. The molecule has 0 unspecified atom stereocenters. The van der Waals surface area contributed by atoms with Gasteiger partial charge in [-0.25, -0.2) is 0 Å². The molecule has 1 aromatic rings. The summed E-state index contributed by atoms with van der Waals surface area (Å²) in [6.07, 6.45) is 4.57. The maximum atomic E-state index is 11.6. The average Bonchev–Trinajstić information content (AvgIpc) is 2.29. The van der Waals surface area contributed by atoms with Crippen molar-refractivity contribution < 1.29 is 9.53 Å². The summed E-state index contributed by atoms with van der Waals surface area (Å²) >= 11 is 3.57. The number of benzene rings is 1. The van der Waals surface area contributed by atoms with Crippen LogP contribution < -0.4 is 4.74 Å². The summed E-state index contributed by atoms with van der Waals surface area (Å²) in [6, 6.07) is 2.00. The molecule has 1 aliphatic carbocycles. The average molecular weight is 283 g/mol. The summed E-state index contributed by atoms with van der Waals surface area (Å²) in [5, 5.41) is 0. The molecule has 3 heteroatoms. The minimum Gasteiger partial charge on any atom is -0.495 e. The highest BCUT2D eigenvalue weighted by atomic mass is 79.9. The van der Waals surface area contributed by atoms with Crippen LogP contribution in [0.25, 0.3) is 0 Å². The lowest BCUT2D eigenvalue weighted by atomic mass is 9.89. The lowest BCUT2D eigenvalue weighted by Crippen LogP contribution is -2.08. The van der Waals surface area contributed by atoms with Crippen LogP contribution in [0, 0.1) is 0 Å². The Morgan fingerprint density at radius 2 is 2.06 bits per heavy atom. The van der Waals surface area contributed by atoms with Crippen LogP contribution in [-0.2, 0) is 12.8 Å². The highest BCUT2D eigenvalue weighted by Gasteiger charge is 2.20. The van der Waals surface area contributed by atoms with Gasteiger partial charge < -0.3 is 4.74 Å². The molecule has 0 saturated heterocycles. The van der Waals surface area contributed by atoms with E-state index in [0.717, 1.165) is 17.3 Å². The quantitative estimate of drug-likeness (QED) is 0.776. The van der Waals surface area contributed by atoms with E-state index < -0.39 is 0 Å². The number of hydrogen-bond donors (Lipinski definition) is 0. The molecule has 0 radical (unpaired) electrons. The first-order chi connectivity index (χ1) is 7.65. The minimum absolute atomic E-state index is 0.0610. The van der Waals surface area contributed by atoms with Crippen molar-refractivity contribution in [1.82, 2.24) is 0 Å². The summed E-state index contributed by atoms with van der Waals surface area (Å²) < 4.78 is 6.31. The van der Waals surface area contributed by atoms with Crippen LogP contribution in [0.2, 0.25) is 0 Å². The van der Waals surface area contributed by atoms with Crippen molar-refractivity contribution >= 4 is 21.7 Å². The molecule has 0 spiro atoms. The third-order valence-electron chi connectivity index (χ3n) is 3.12. The van der Waals surface area contributed by atoms with Gasteiger partial charge in [-0.3, -0.25) is 4.79 Å². The fourth-order valence-electron chi connectivity index (χ4n) is 2.29. The Morgan fingerprint density at radius 1 is 1.38 bits per heavy atom. The number of ether oxygens (including phenoxy) is 1. The van der Waals surface area contributed by atoms with Crippen LogP contribution in [0.1, 0.15) is 41.3 Å². The molecular weight excluding hydrogens is 268 g/mol. The molecule has 2 nitrogen and oxygen atoms in total. The van der Waals surface area contributed by atoms with Crippen molar-refractivity contribution in [2.75, 3.05) is 7.11 Å². The monoisotopic (exact) mass is 282 g/mol. The van der Waals surface area contributed by atoms with E-state index in [2.05, 4.69) is 15.9 Å². The Kier molecular flexibility index (Phi) is 3.33. The number of methoxy groups -OCH3 is 1. The molecule has 16 heavy (non-hydrogen) atoms. The first-order valence-corrected chi connectivity index (χ1v) is 6.33. The first-order valence-electron chi connectivity index (χ1n) is 5.54. The second-order valence-corrected chi connectivity index (χ2v) is 4.97. The van der Waals surface area contributed by atoms with Gasteiger partial charge in [-0.1, -0.05) is 0 Å². The van der Waals surface area contributed by atoms with Crippen molar-refractivity contribution in [2.45, 2.75) is 32.6 Å². The molecule has 0 heterocycles. The number of fused-ring (bicyclic) bond motifs is 1. The standard InChI is InChI=1S/C13H15BrO2/c1-8(15)11-7-9-5-3-4-6-10(9)12(14)13(11)16-2/h7H,3-6H2,1-2H3. The summed E-state index contributed by atoms with van der Waals surface area (Å²) in [5.41, 5.74) is 3.30. The van der Waals surface area contributed by atoms with Crippen LogP contribution in [0.4, 0.5) is 0 Å². The Hall–Kier alpha value is -0.830. The fourth-order valence-corrected chi connectivity index (χ4v) is 3.12. The normalized spacial score (nSPS) is 14.4. The van der Waals surface area contributed by atoms with E-state index in [1.165, 1.54) is 24.0 Å². The van der Waals surface area contributed by atoms with Gasteiger partial charge in [0.25, 0.3) is 0 Å². The van der Waals surface area contributed by atoms with Gasteiger partial charge in [-0.2, -0.15) is 0 Å². The third-order valence-corrected chi connectivity index (χ3v) is 3.96. The SMILES string of the molecule is COc1c(C(C)=O)cc2c(c1Br)CCCC2. The van der Waals surface area contributed by atoms with Gasteiger partial charge in [0.15, 0.2) is 5.78 Å². The van der Waals surface area contributed by atoms with E-state index in [-0.39, 0.29) is 5.78 Å². The number of rotatable bonds is 2. The second-order valence-electron chi connectivity index (χ2n) is 4.17. The van der Waals surface area contributed by atoms with E-state index in [1.807, 2.05) is 6.07 Å². The number of halogens is 1. The number of ketones is 1. The van der Waals surface area contributed by atoms with E-state index >= 15 is 0 Å². The molecule has 2 rings (SSSR count). The highest BCUT2D eigenvalue weighted by Crippen LogP contribution is 2.38. The highest BCUT2D eigenvalue weighted by molar-refractivity contribution is 9.10. The summed E-state index contributed by atoms with van der Waals surface area (Å²) in [6.45, 7) is 1.58. The summed E-state index contributed by atoms with van der Waals surface area (Å²) in [7, 11) is 1.61. The predicted molar refractivity (Wildman–Crippen MR) is 67.3 cm³/mol. The maximum absolute atomic E-state index is 11.6. The fraction of sp³-hybridized carbons (Fsp3) is 0.462. The molecule has 0 amide bonds. The van der Waals surface area contributed by atoms with Crippen LogP contribution in [0.5, 0.6) is 5.75 Å². The molecule has 0 fully saturated rings. The largest absolute Gasteiger partial charge is 0.495 e. The van der Waals surface area contributed by atoms with Crippen LogP contribution in [-0.4, -0.2) is 12.9 Å². The third kappa shape index (κ3) is 1.88. The summed E-state index contributed by atoms with van der Waals surface area (Å²) in [4.78, 5) is 11.6. The van der Waals surface area contributed by atoms with Crippen molar-refractivity contribution in [2.24, 2.45) is 0 Å². The Morgan fingerprint density at radius 3 is 2.69 bits per heavy atom. The van der Waals surface area contributed by atoms with Gasteiger partial charge in [0.1, 0.15) is 5.75 Å². The Bertz CT molecular complexity index is 438. The Balaban J connectivity index is 2.64. The van der Waals surface area contributed by atoms with Gasteiger partial charge in [0.05, 0.1) is 17.1 Å². The molecule has 86 valence electrons. The maximum Gasteiger partial charge on any atom is 0.163 e. The van der Waals surface area contributed by atoms with Crippen molar-refractivity contribution in [3.8, 4) is 5.75 Å². The zero-order chi connectivity index (χ0) is 11.7. The van der Waals surface area contributed by atoms with E-state index in [9.17, 15) is 4.79 Å². The van der Waals surface area contributed by atoms with Gasteiger partial charge >= 0.3 is 0 Å². The zero-order valence-corrected chi connectivity index (χ0v) is 11.2. The van der Waals surface area contributed by atoms with Crippen LogP contribution in [0.15, 0.2) is 10.5 Å². The lowest BCUT2D eigenvalue weighted by molar-refractivity contribution is 0.101. The lowest BCUT2D eigenvalue weighted by Gasteiger charge is -2.20. The second kappa shape index (κ2) is 4.58. The zero-order valence-electron chi connectivity index (χ0n) is 9.60. The molecule has 0 saturated carbocycles. The number of Topliss-reactive ketones (excluding diaryl/α,β-unsaturated/α-hetero) is 1. The van der Waals surface area contributed by atoms with Gasteiger partial charge in [-0.05, 0) is 65.7 Å². The van der Waals surface area contributed by atoms with Crippen molar-refractivity contribution in [3.63, 3.8) is 0 Å². The summed E-state index contributed by atoms with van der Waals surface area (Å²) in [5.74, 6) is 0.749. The van der Waals surface area contributed by atoms with Crippen molar-refractivity contribution in [3.05, 3.63) is 27.2 Å². The number of aryl methyl sites for hydroxylation is 1. The van der Waals surface area contributed by atoms with Gasteiger partial charge in [0, 0.05) is 0 Å². The Labute approximate surface area is 104 Å². The first kappa shape index (κ1) is 11.6. The van der Waals surface area contributed by atoms with Crippen molar-refractivity contribution in [1.29, 1.82) is 0 Å². The number of hydrogen-bond acceptors (Lipinski definition) is 2. The molecular formula is C13H15BrO2. The van der Waals surface area contributed by atoms with E-state index in [1.54, 1.807) is 14.0 Å². The van der Waals surface area contributed by atoms with E-state index in [4.69, 9.17) is 4.74 Å². The molecule has 1 aromatic carbocycles. The minimum atomic E-state index is 0.0610. The molecule has 0 aromatic heterocycles. The number of carbonyl (C=O) groups excluding carboxylic acids is 1. The molecule has 0 bridgehead atoms. The van der Waals surface area contributed by atoms with Gasteiger partial charge in [-0.15, -0.1) is 0 Å². The molecule has 1 aliphatic rings. The van der Waals surface area contributed by atoms with Gasteiger partial charge in [0.2, 0.25) is 0 Å². The molecule has 0 aliphatic heterocycles. The van der Waals surface area contributed by atoms with E-state index in [0.29, 0.717) is 11.3 Å². The van der Waals surface area contributed by atoms with Crippen LogP contribution >= 0.6 is 15.9 Å². The predicted octanol–water partition coefficient (Wildman–Crippen LogP) is 3.54. The molecule has 0 atom stereocenters. The number of carbonyl (C=O) groups is 1. The van der Waals surface area contributed by atoms with Crippen LogP contribution in [0.3, 0.4) is 0 Å². The molecule has 0 N–H and O–H groups in total.